The minimum Gasteiger partial charge on any atom is -0.377 e. The van der Waals surface area contributed by atoms with E-state index in [-0.39, 0.29) is 11.5 Å². The summed E-state index contributed by atoms with van der Waals surface area (Å²) in [5.41, 5.74) is 1.14. The maximum atomic E-state index is 12.2. The predicted molar refractivity (Wildman–Crippen MR) is 79.3 cm³/mol. The van der Waals surface area contributed by atoms with Gasteiger partial charge in [-0.3, -0.25) is 0 Å². The van der Waals surface area contributed by atoms with Crippen molar-refractivity contribution >= 4 is 10.0 Å². The summed E-state index contributed by atoms with van der Waals surface area (Å²) in [5.74, 6) is 0. The molecular weight excluding hydrogens is 274 g/mol. The quantitative estimate of drug-likeness (QED) is 0.928. The minimum atomic E-state index is -3.44. The number of hydrogen-bond donors (Lipinski definition) is 1. The van der Waals surface area contributed by atoms with E-state index < -0.39 is 10.0 Å². The molecule has 0 radical (unpaired) electrons. The number of hydrogen-bond acceptors (Lipinski definition) is 3. The Balaban J connectivity index is 2.05. The van der Waals surface area contributed by atoms with Gasteiger partial charge in [0.2, 0.25) is 10.0 Å². The Morgan fingerprint density at radius 1 is 1.25 bits per heavy atom. The molecule has 0 saturated carbocycles. The number of sulfonamides is 1. The average Bonchev–Trinajstić information content (AvgIpc) is 2.89. The summed E-state index contributed by atoms with van der Waals surface area (Å²) in [6.07, 6.45) is 1.94. The van der Waals surface area contributed by atoms with Gasteiger partial charge in [-0.25, -0.2) is 13.1 Å². The minimum absolute atomic E-state index is 0.0126. The molecule has 4 nitrogen and oxygen atoms in total. The number of ether oxygens (including phenoxy) is 1. The third kappa shape index (κ3) is 3.81. The molecule has 5 heteroatoms. The van der Waals surface area contributed by atoms with Crippen LogP contribution in [-0.2, 0) is 20.2 Å². The highest BCUT2D eigenvalue weighted by atomic mass is 32.2. The highest BCUT2D eigenvalue weighted by Crippen LogP contribution is 2.23. The van der Waals surface area contributed by atoms with Crippen LogP contribution in [0.5, 0.6) is 0 Å². The van der Waals surface area contributed by atoms with E-state index in [4.69, 9.17) is 4.74 Å². The molecule has 0 bridgehead atoms. The van der Waals surface area contributed by atoms with Crippen molar-refractivity contribution < 1.29 is 13.2 Å². The van der Waals surface area contributed by atoms with Gasteiger partial charge in [-0.2, -0.15) is 0 Å². The van der Waals surface area contributed by atoms with Gasteiger partial charge in [-0.15, -0.1) is 0 Å². The van der Waals surface area contributed by atoms with Crippen LogP contribution in [0.25, 0.3) is 0 Å². The average molecular weight is 297 g/mol. The van der Waals surface area contributed by atoms with E-state index >= 15 is 0 Å². The van der Waals surface area contributed by atoms with Crippen LogP contribution >= 0.6 is 0 Å². The van der Waals surface area contributed by atoms with Crippen molar-refractivity contribution in [3.63, 3.8) is 0 Å². The lowest BCUT2D eigenvalue weighted by molar-refractivity contribution is 0.114. The van der Waals surface area contributed by atoms with Crippen LogP contribution in [0.2, 0.25) is 0 Å². The van der Waals surface area contributed by atoms with Crippen LogP contribution < -0.4 is 4.72 Å². The van der Waals surface area contributed by atoms with Gasteiger partial charge in [0.25, 0.3) is 0 Å². The zero-order valence-electron chi connectivity index (χ0n) is 12.3. The Labute approximate surface area is 121 Å². The summed E-state index contributed by atoms with van der Waals surface area (Å²) in [6, 6.07) is 7.08. The van der Waals surface area contributed by atoms with Gasteiger partial charge in [-0.05, 0) is 36.0 Å². The third-order valence-corrected chi connectivity index (χ3v) is 5.00. The largest absolute Gasteiger partial charge is 0.377 e. The molecule has 20 heavy (non-hydrogen) atoms. The SMILES string of the molecule is CC(C)(C)c1ccc(S(=O)(=O)NC[C@H]2CCCO2)cc1. The van der Waals surface area contributed by atoms with Crippen molar-refractivity contribution in [3.05, 3.63) is 29.8 Å². The van der Waals surface area contributed by atoms with Crippen molar-refractivity contribution in [1.82, 2.24) is 4.72 Å². The van der Waals surface area contributed by atoms with E-state index in [2.05, 4.69) is 25.5 Å². The maximum absolute atomic E-state index is 12.2. The van der Waals surface area contributed by atoms with Crippen LogP contribution in [0.4, 0.5) is 0 Å². The van der Waals surface area contributed by atoms with Crippen LogP contribution in [0.1, 0.15) is 39.2 Å². The van der Waals surface area contributed by atoms with Crippen molar-refractivity contribution in [2.45, 2.75) is 50.0 Å². The van der Waals surface area contributed by atoms with Gasteiger partial charge >= 0.3 is 0 Å². The molecule has 0 unspecified atom stereocenters. The first kappa shape index (κ1) is 15.5. The van der Waals surface area contributed by atoms with E-state index in [1.807, 2.05) is 12.1 Å². The molecule has 1 aliphatic heterocycles. The van der Waals surface area contributed by atoms with E-state index in [0.29, 0.717) is 11.4 Å². The summed E-state index contributed by atoms with van der Waals surface area (Å²) in [5, 5.41) is 0. The smallest absolute Gasteiger partial charge is 0.240 e. The molecule has 1 aromatic carbocycles. The fraction of sp³-hybridized carbons (Fsp3) is 0.600. The van der Waals surface area contributed by atoms with Gasteiger partial charge in [0, 0.05) is 13.2 Å². The fourth-order valence-electron chi connectivity index (χ4n) is 2.23. The molecule has 1 fully saturated rings. The van der Waals surface area contributed by atoms with Gasteiger partial charge in [0.1, 0.15) is 0 Å². The molecule has 0 aliphatic carbocycles. The fourth-order valence-corrected chi connectivity index (χ4v) is 3.29. The lowest BCUT2D eigenvalue weighted by atomic mass is 9.87. The second-order valence-electron chi connectivity index (χ2n) is 6.26. The second kappa shape index (κ2) is 5.84. The Hall–Kier alpha value is -0.910. The Kier molecular flexibility index (Phi) is 4.52. The molecule has 0 amide bonds. The summed E-state index contributed by atoms with van der Waals surface area (Å²) in [7, 11) is -3.44. The first-order valence-electron chi connectivity index (χ1n) is 7.01. The standard InChI is InChI=1S/C15H23NO3S/c1-15(2,3)12-6-8-14(9-7-12)20(17,18)16-11-13-5-4-10-19-13/h6-9,13,16H,4-5,10-11H2,1-3H3/t13-/m1/s1. The van der Waals surface area contributed by atoms with Gasteiger partial charge in [0.05, 0.1) is 11.0 Å². The van der Waals surface area contributed by atoms with Crippen molar-refractivity contribution in [3.8, 4) is 0 Å². The summed E-state index contributed by atoms with van der Waals surface area (Å²) >= 11 is 0. The number of rotatable bonds is 4. The molecule has 1 saturated heterocycles. The molecular formula is C15H23NO3S. The highest BCUT2D eigenvalue weighted by molar-refractivity contribution is 7.89. The topological polar surface area (TPSA) is 55.4 Å². The molecule has 2 rings (SSSR count). The normalized spacial score (nSPS) is 20.2. The van der Waals surface area contributed by atoms with Crippen LogP contribution in [0.3, 0.4) is 0 Å². The lowest BCUT2D eigenvalue weighted by Crippen LogP contribution is -2.31. The Morgan fingerprint density at radius 3 is 2.40 bits per heavy atom. The van der Waals surface area contributed by atoms with Crippen LogP contribution in [0.15, 0.2) is 29.2 Å². The molecule has 1 N–H and O–H groups in total. The summed E-state index contributed by atoms with van der Waals surface area (Å²) in [4.78, 5) is 0.309. The Morgan fingerprint density at radius 2 is 1.90 bits per heavy atom. The zero-order chi connectivity index (χ0) is 14.8. The first-order chi connectivity index (χ1) is 9.29. The van der Waals surface area contributed by atoms with E-state index in [1.165, 1.54) is 0 Å². The highest BCUT2D eigenvalue weighted by Gasteiger charge is 2.21. The first-order valence-corrected chi connectivity index (χ1v) is 8.49. The van der Waals surface area contributed by atoms with E-state index in [9.17, 15) is 8.42 Å². The molecule has 1 aromatic rings. The molecule has 112 valence electrons. The summed E-state index contributed by atoms with van der Waals surface area (Å²) < 4.78 is 32.4. The Bertz CT molecular complexity index is 537. The molecule has 1 atom stereocenters. The maximum Gasteiger partial charge on any atom is 0.240 e. The zero-order valence-corrected chi connectivity index (χ0v) is 13.2. The lowest BCUT2D eigenvalue weighted by Gasteiger charge is -2.19. The number of benzene rings is 1. The molecule has 1 heterocycles. The van der Waals surface area contributed by atoms with Crippen molar-refractivity contribution in [1.29, 1.82) is 0 Å². The molecule has 0 spiro atoms. The third-order valence-electron chi connectivity index (χ3n) is 3.56. The van der Waals surface area contributed by atoms with E-state index in [0.717, 1.165) is 25.0 Å². The number of nitrogens with one attached hydrogen (secondary N) is 1. The predicted octanol–water partition coefficient (Wildman–Crippen LogP) is 2.44. The van der Waals surface area contributed by atoms with E-state index in [1.54, 1.807) is 12.1 Å². The summed E-state index contributed by atoms with van der Waals surface area (Å²) in [6.45, 7) is 7.39. The van der Waals surface area contributed by atoms with Gasteiger partial charge in [0.15, 0.2) is 0 Å². The van der Waals surface area contributed by atoms with Gasteiger partial charge < -0.3 is 4.74 Å². The molecule has 1 aliphatic rings. The van der Waals surface area contributed by atoms with Crippen molar-refractivity contribution in [2.75, 3.05) is 13.2 Å². The monoisotopic (exact) mass is 297 g/mol. The van der Waals surface area contributed by atoms with Crippen molar-refractivity contribution in [2.24, 2.45) is 0 Å². The molecule has 0 aromatic heterocycles. The van der Waals surface area contributed by atoms with Gasteiger partial charge in [-0.1, -0.05) is 32.9 Å². The second-order valence-corrected chi connectivity index (χ2v) is 8.03. The van der Waals surface area contributed by atoms with Crippen LogP contribution in [0, 0.1) is 0 Å². The van der Waals surface area contributed by atoms with Crippen LogP contribution in [-0.4, -0.2) is 27.7 Å².